The average Bonchev–Trinajstić information content (AvgIpc) is 3.39. The van der Waals surface area contributed by atoms with Crippen LogP contribution in [0.3, 0.4) is 0 Å². The van der Waals surface area contributed by atoms with Crippen LogP contribution in [0.2, 0.25) is 0 Å². The first-order valence-corrected chi connectivity index (χ1v) is 10.3. The predicted molar refractivity (Wildman–Crippen MR) is 118 cm³/mol. The second-order valence-electron chi connectivity index (χ2n) is 6.83. The summed E-state index contributed by atoms with van der Waals surface area (Å²) >= 11 is 1.20. The lowest BCUT2D eigenvalue weighted by Gasteiger charge is -2.02. The van der Waals surface area contributed by atoms with Crippen LogP contribution in [-0.2, 0) is 18.3 Å². The number of nitrogens with one attached hydrogen (secondary N) is 1. The molecule has 2 aromatic heterocycles. The lowest BCUT2D eigenvalue weighted by atomic mass is 10.1. The summed E-state index contributed by atoms with van der Waals surface area (Å²) in [6.45, 7) is 0. The Labute approximate surface area is 178 Å². The molecule has 6 nitrogen and oxygen atoms in total. The number of carbonyl (C=O) groups excluding carboxylic acids is 2. The Morgan fingerprint density at radius 2 is 1.73 bits per heavy atom. The Hall–Kier alpha value is -3.58. The Morgan fingerprint density at radius 3 is 2.40 bits per heavy atom. The third kappa shape index (κ3) is 4.52. The van der Waals surface area contributed by atoms with E-state index in [1.165, 1.54) is 11.3 Å². The van der Waals surface area contributed by atoms with Crippen LogP contribution in [0.1, 0.15) is 27.2 Å². The number of nitrogens with zero attached hydrogens (tertiary/aromatic N) is 3. The van der Waals surface area contributed by atoms with Crippen molar-refractivity contribution >= 4 is 28.2 Å². The highest BCUT2D eigenvalue weighted by atomic mass is 32.1. The van der Waals surface area contributed by atoms with Crippen LogP contribution in [0.4, 0.5) is 5.13 Å². The summed E-state index contributed by atoms with van der Waals surface area (Å²) in [5.74, 6) is -0.256. The fourth-order valence-electron chi connectivity index (χ4n) is 3.08. The normalized spacial score (nSPS) is 10.7. The fourth-order valence-corrected chi connectivity index (χ4v) is 4.05. The highest BCUT2D eigenvalue weighted by Crippen LogP contribution is 2.33. The van der Waals surface area contributed by atoms with Crippen molar-refractivity contribution in [1.82, 2.24) is 14.8 Å². The molecule has 1 N–H and O–H groups in total. The Kier molecular flexibility index (Phi) is 5.81. The van der Waals surface area contributed by atoms with Gasteiger partial charge >= 0.3 is 0 Å². The maximum Gasteiger partial charge on any atom is 0.226 e. The van der Waals surface area contributed by atoms with Gasteiger partial charge in [-0.05, 0) is 12.0 Å². The second kappa shape index (κ2) is 8.84. The van der Waals surface area contributed by atoms with Crippen LogP contribution in [0, 0.1) is 0 Å². The van der Waals surface area contributed by atoms with E-state index in [4.69, 9.17) is 0 Å². The molecule has 7 heteroatoms. The highest BCUT2D eigenvalue weighted by Gasteiger charge is 2.21. The van der Waals surface area contributed by atoms with E-state index < -0.39 is 0 Å². The number of aromatic nitrogens is 3. The molecule has 0 aliphatic heterocycles. The van der Waals surface area contributed by atoms with Gasteiger partial charge in [0, 0.05) is 30.8 Å². The molecule has 4 rings (SSSR count). The molecule has 1 amide bonds. The van der Waals surface area contributed by atoms with Gasteiger partial charge in [0.1, 0.15) is 4.88 Å². The topological polar surface area (TPSA) is 76.9 Å². The van der Waals surface area contributed by atoms with Gasteiger partial charge in [0.05, 0.1) is 11.9 Å². The first-order chi connectivity index (χ1) is 14.6. The highest BCUT2D eigenvalue weighted by molar-refractivity contribution is 7.18. The van der Waals surface area contributed by atoms with Crippen LogP contribution in [-0.4, -0.2) is 26.5 Å². The van der Waals surface area contributed by atoms with Crippen LogP contribution in [0.15, 0.2) is 73.1 Å². The molecular formula is C23H20N4O2S. The molecule has 0 aliphatic rings. The molecule has 0 bridgehead atoms. The first kappa shape index (κ1) is 19.7. The number of thiazole rings is 1. The van der Waals surface area contributed by atoms with Gasteiger partial charge in [-0.15, -0.1) is 0 Å². The van der Waals surface area contributed by atoms with Crippen LogP contribution < -0.4 is 5.32 Å². The quantitative estimate of drug-likeness (QED) is 0.455. The number of hydrogen-bond acceptors (Lipinski definition) is 5. The molecule has 0 atom stereocenters. The lowest BCUT2D eigenvalue weighted by molar-refractivity contribution is -0.116. The number of hydrogen-bond donors (Lipinski definition) is 1. The van der Waals surface area contributed by atoms with Crippen molar-refractivity contribution in [2.45, 2.75) is 12.8 Å². The molecule has 0 saturated carbocycles. The summed E-state index contributed by atoms with van der Waals surface area (Å²) in [6.07, 6.45) is 4.54. The number of carbonyl (C=O) groups is 2. The van der Waals surface area contributed by atoms with E-state index in [2.05, 4.69) is 15.4 Å². The first-order valence-electron chi connectivity index (χ1n) is 9.53. The predicted octanol–water partition coefficient (Wildman–Crippen LogP) is 4.35. The zero-order valence-corrected chi connectivity index (χ0v) is 17.2. The van der Waals surface area contributed by atoms with Crippen molar-refractivity contribution in [2.24, 2.45) is 7.05 Å². The maximum atomic E-state index is 13.1. The van der Waals surface area contributed by atoms with Crippen molar-refractivity contribution in [3.05, 3.63) is 89.1 Å². The molecule has 0 aliphatic carbocycles. The molecule has 0 saturated heterocycles. The molecule has 2 aromatic carbocycles. The molecule has 0 spiro atoms. The van der Waals surface area contributed by atoms with E-state index in [0.29, 0.717) is 34.1 Å². The van der Waals surface area contributed by atoms with Gasteiger partial charge in [0.2, 0.25) is 11.7 Å². The van der Waals surface area contributed by atoms with Crippen molar-refractivity contribution in [3.8, 4) is 11.3 Å². The maximum absolute atomic E-state index is 13.1. The number of aryl methyl sites for hydroxylation is 2. The third-order valence-corrected chi connectivity index (χ3v) is 5.53. The number of amides is 1. The van der Waals surface area contributed by atoms with Gasteiger partial charge in [-0.1, -0.05) is 72.0 Å². The molecule has 2 heterocycles. The van der Waals surface area contributed by atoms with E-state index in [9.17, 15) is 9.59 Å². The average molecular weight is 417 g/mol. The molecule has 0 unspecified atom stereocenters. The van der Waals surface area contributed by atoms with Crippen LogP contribution in [0.5, 0.6) is 0 Å². The summed E-state index contributed by atoms with van der Waals surface area (Å²) in [5.41, 5.74) is 3.00. The van der Waals surface area contributed by atoms with E-state index >= 15 is 0 Å². The minimum absolute atomic E-state index is 0.109. The summed E-state index contributed by atoms with van der Waals surface area (Å²) in [5, 5.41) is 7.38. The van der Waals surface area contributed by atoms with Crippen LogP contribution in [0.25, 0.3) is 11.3 Å². The van der Waals surface area contributed by atoms with Gasteiger partial charge < -0.3 is 5.32 Å². The van der Waals surface area contributed by atoms with Crippen molar-refractivity contribution < 1.29 is 9.59 Å². The zero-order chi connectivity index (χ0) is 20.9. The second-order valence-corrected chi connectivity index (χ2v) is 7.83. The van der Waals surface area contributed by atoms with Gasteiger partial charge in [-0.2, -0.15) is 5.10 Å². The Balaban J connectivity index is 1.57. The monoisotopic (exact) mass is 416 g/mol. The number of anilines is 1. The summed E-state index contributed by atoms with van der Waals surface area (Å²) in [7, 11) is 1.84. The smallest absolute Gasteiger partial charge is 0.226 e. The van der Waals surface area contributed by atoms with Crippen molar-refractivity contribution in [2.75, 3.05) is 5.32 Å². The van der Waals surface area contributed by atoms with Gasteiger partial charge in [-0.3, -0.25) is 14.3 Å². The molecule has 4 aromatic rings. The van der Waals surface area contributed by atoms with E-state index in [1.807, 2.05) is 61.8 Å². The van der Waals surface area contributed by atoms with E-state index in [0.717, 1.165) is 11.1 Å². The minimum Gasteiger partial charge on any atom is -0.302 e. The third-order valence-electron chi connectivity index (χ3n) is 4.56. The number of ketones is 1. The largest absolute Gasteiger partial charge is 0.302 e. The molecular weight excluding hydrogens is 396 g/mol. The van der Waals surface area contributed by atoms with Gasteiger partial charge in [-0.25, -0.2) is 4.98 Å². The van der Waals surface area contributed by atoms with E-state index in [1.54, 1.807) is 23.0 Å². The van der Waals surface area contributed by atoms with Crippen LogP contribution >= 0.6 is 11.3 Å². The van der Waals surface area contributed by atoms with E-state index in [-0.39, 0.29) is 11.7 Å². The summed E-state index contributed by atoms with van der Waals surface area (Å²) < 4.78 is 1.71. The fraction of sp³-hybridized carbons (Fsp3) is 0.130. The SMILES string of the molecule is Cn1cc(CCC(=O)Nc2nc(-c3ccccc3)c(C(=O)c3ccccc3)s2)cn1. The molecule has 0 fully saturated rings. The Bertz CT molecular complexity index is 1170. The number of rotatable bonds is 7. The molecule has 150 valence electrons. The lowest BCUT2D eigenvalue weighted by Crippen LogP contribution is -2.12. The summed E-state index contributed by atoms with van der Waals surface area (Å²) in [6, 6.07) is 18.6. The summed E-state index contributed by atoms with van der Waals surface area (Å²) in [4.78, 5) is 30.6. The van der Waals surface area contributed by atoms with Crippen molar-refractivity contribution in [1.29, 1.82) is 0 Å². The van der Waals surface area contributed by atoms with Crippen molar-refractivity contribution in [3.63, 3.8) is 0 Å². The number of benzene rings is 2. The minimum atomic E-state index is -0.147. The molecule has 0 radical (unpaired) electrons. The Morgan fingerprint density at radius 1 is 1.03 bits per heavy atom. The standard InChI is InChI=1S/C23H20N4O2S/c1-27-15-16(14-24-27)12-13-19(28)25-23-26-20(17-8-4-2-5-9-17)22(30-23)21(29)18-10-6-3-7-11-18/h2-11,14-15H,12-13H2,1H3,(H,25,26,28). The van der Waals surface area contributed by atoms with Gasteiger partial charge in [0.25, 0.3) is 0 Å². The zero-order valence-electron chi connectivity index (χ0n) is 16.4. The van der Waals surface area contributed by atoms with Gasteiger partial charge in [0.15, 0.2) is 5.13 Å². The molecule has 30 heavy (non-hydrogen) atoms.